The summed E-state index contributed by atoms with van der Waals surface area (Å²) in [4.78, 5) is 24.2. The van der Waals surface area contributed by atoms with Gasteiger partial charge in [-0.15, -0.1) is 6.58 Å². The lowest BCUT2D eigenvalue weighted by atomic mass is 10.00. The Morgan fingerprint density at radius 3 is 2.43 bits per heavy atom. The maximum Gasteiger partial charge on any atom is 0.408 e. The van der Waals surface area contributed by atoms with E-state index in [1.807, 2.05) is 30.3 Å². The van der Waals surface area contributed by atoms with Crippen molar-refractivity contribution in [3.8, 4) is 0 Å². The number of ether oxygens (including phenoxy) is 1. The van der Waals surface area contributed by atoms with Crippen LogP contribution in [0.4, 0.5) is 4.79 Å². The molecule has 1 N–H and O–H groups in total. The van der Waals surface area contributed by atoms with Gasteiger partial charge in [0.15, 0.2) is 5.78 Å². The summed E-state index contributed by atoms with van der Waals surface area (Å²) in [5, 5.41) is 2.65. The summed E-state index contributed by atoms with van der Waals surface area (Å²) < 4.78 is 5.22. The minimum Gasteiger partial charge on any atom is -0.444 e. The van der Waals surface area contributed by atoms with Crippen LogP contribution in [0.25, 0.3) is 0 Å². The van der Waals surface area contributed by atoms with E-state index in [2.05, 4.69) is 11.9 Å². The lowest BCUT2D eigenvalue weighted by molar-refractivity contribution is -0.121. The van der Waals surface area contributed by atoms with Crippen LogP contribution in [0.5, 0.6) is 0 Å². The van der Waals surface area contributed by atoms with E-state index in [4.69, 9.17) is 4.74 Å². The number of carbonyl (C=O) groups excluding carboxylic acids is 2. The summed E-state index contributed by atoms with van der Waals surface area (Å²) in [6.07, 6.45) is 2.01. The van der Waals surface area contributed by atoms with Crippen molar-refractivity contribution in [2.75, 3.05) is 0 Å². The highest BCUT2D eigenvalue weighted by Crippen LogP contribution is 2.17. The SMILES string of the molecule is C=CCCC(=O)[C@@H](NC(=O)OC(C)(C)C)c1ccccc1. The number of carbonyl (C=O) groups is 2. The number of alkyl carbamates (subject to hydrolysis) is 1. The summed E-state index contributed by atoms with van der Waals surface area (Å²) in [5.74, 6) is -0.0630. The first-order chi connectivity index (χ1) is 9.83. The van der Waals surface area contributed by atoms with Gasteiger partial charge < -0.3 is 10.1 Å². The van der Waals surface area contributed by atoms with Crippen LogP contribution >= 0.6 is 0 Å². The van der Waals surface area contributed by atoms with Gasteiger partial charge in [0.05, 0.1) is 0 Å². The lowest BCUT2D eigenvalue weighted by Crippen LogP contribution is -2.38. The summed E-state index contributed by atoms with van der Waals surface area (Å²) >= 11 is 0. The topological polar surface area (TPSA) is 55.4 Å². The number of hydrogen-bond acceptors (Lipinski definition) is 3. The molecule has 1 atom stereocenters. The van der Waals surface area contributed by atoms with Gasteiger partial charge in [-0.1, -0.05) is 36.4 Å². The van der Waals surface area contributed by atoms with E-state index in [9.17, 15) is 9.59 Å². The van der Waals surface area contributed by atoms with Gasteiger partial charge >= 0.3 is 6.09 Å². The molecule has 1 aromatic carbocycles. The van der Waals surface area contributed by atoms with Crippen molar-refractivity contribution in [2.24, 2.45) is 0 Å². The van der Waals surface area contributed by atoms with Gasteiger partial charge in [-0.25, -0.2) is 4.79 Å². The molecule has 0 saturated heterocycles. The third kappa shape index (κ3) is 6.25. The fourth-order valence-electron chi connectivity index (χ4n) is 1.81. The van der Waals surface area contributed by atoms with E-state index in [0.717, 1.165) is 5.56 Å². The van der Waals surface area contributed by atoms with E-state index >= 15 is 0 Å². The number of hydrogen-bond donors (Lipinski definition) is 1. The maximum atomic E-state index is 12.3. The van der Waals surface area contributed by atoms with Crippen LogP contribution in [0.2, 0.25) is 0 Å². The number of rotatable bonds is 6. The minimum atomic E-state index is -0.694. The fourth-order valence-corrected chi connectivity index (χ4v) is 1.81. The highest BCUT2D eigenvalue weighted by atomic mass is 16.6. The smallest absolute Gasteiger partial charge is 0.408 e. The van der Waals surface area contributed by atoms with Gasteiger partial charge in [0, 0.05) is 6.42 Å². The van der Waals surface area contributed by atoms with E-state index < -0.39 is 17.7 Å². The molecule has 0 unspecified atom stereocenters. The van der Waals surface area contributed by atoms with Crippen molar-refractivity contribution in [1.82, 2.24) is 5.32 Å². The van der Waals surface area contributed by atoms with Gasteiger partial charge in [0.1, 0.15) is 11.6 Å². The Hall–Kier alpha value is -2.10. The first-order valence-corrected chi connectivity index (χ1v) is 7.01. The Bertz CT molecular complexity index is 489. The highest BCUT2D eigenvalue weighted by molar-refractivity contribution is 5.88. The summed E-state index contributed by atoms with van der Waals surface area (Å²) in [5.41, 5.74) is 0.146. The largest absolute Gasteiger partial charge is 0.444 e. The van der Waals surface area contributed by atoms with E-state index in [1.54, 1.807) is 26.8 Å². The van der Waals surface area contributed by atoms with Crippen LogP contribution in [0.1, 0.15) is 45.2 Å². The summed E-state index contributed by atoms with van der Waals surface area (Å²) in [7, 11) is 0. The Kier molecular flexibility index (Phi) is 6.15. The molecule has 0 bridgehead atoms. The number of allylic oxidation sites excluding steroid dienone is 1. The number of amides is 1. The van der Waals surface area contributed by atoms with Crippen LogP contribution in [0.15, 0.2) is 43.0 Å². The summed E-state index contributed by atoms with van der Waals surface area (Å²) in [6.45, 7) is 8.95. The molecule has 21 heavy (non-hydrogen) atoms. The molecule has 0 aliphatic carbocycles. The molecule has 1 amide bonds. The van der Waals surface area contributed by atoms with Gasteiger partial charge in [0.2, 0.25) is 0 Å². The molecule has 114 valence electrons. The molecule has 0 radical (unpaired) electrons. The van der Waals surface area contributed by atoms with Gasteiger partial charge in [-0.05, 0) is 32.8 Å². The molecule has 4 heteroatoms. The third-order valence-corrected chi connectivity index (χ3v) is 2.71. The van der Waals surface area contributed by atoms with Crippen molar-refractivity contribution in [1.29, 1.82) is 0 Å². The minimum absolute atomic E-state index is 0.0630. The molecular weight excluding hydrogens is 266 g/mol. The average molecular weight is 289 g/mol. The molecule has 0 saturated carbocycles. The molecule has 0 heterocycles. The fraction of sp³-hybridized carbons (Fsp3) is 0.412. The van der Waals surface area contributed by atoms with Crippen LogP contribution in [0.3, 0.4) is 0 Å². The van der Waals surface area contributed by atoms with Crippen LogP contribution in [-0.2, 0) is 9.53 Å². The van der Waals surface area contributed by atoms with Crippen LogP contribution in [-0.4, -0.2) is 17.5 Å². The highest BCUT2D eigenvalue weighted by Gasteiger charge is 2.24. The maximum absolute atomic E-state index is 12.3. The molecular formula is C17H23NO3. The number of benzene rings is 1. The van der Waals surface area contributed by atoms with Crippen molar-refractivity contribution >= 4 is 11.9 Å². The van der Waals surface area contributed by atoms with Gasteiger partial charge in [-0.3, -0.25) is 4.79 Å². The number of Topliss-reactive ketones (excluding diaryl/α,β-unsaturated/α-hetero) is 1. The normalized spacial score (nSPS) is 12.3. The zero-order valence-electron chi connectivity index (χ0n) is 12.9. The molecule has 4 nitrogen and oxygen atoms in total. The van der Waals surface area contributed by atoms with E-state index in [-0.39, 0.29) is 5.78 Å². The van der Waals surface area contributed by atoms with Gasteiger partial charge in [0.25, 0.3) is 0 Å². The van der Waals surface area contributed by atoms with Crippen LogP contribution < -0.4 is 5.32 Å². The molecule has 0 aliphatic rings. The lowest BCUT2D eigenvalue weighted by Gasteiger charge is -2.23. The predicted octanol–water partition coefficient (Wildman–Crippen LogP) is 3.79. The predicted molar refractivity (Wildman–Crippen MR) is 83.0 cm³/mol. The Morgan fingerprint density at radius 1 is 1.29 bits per heavy atom. The van der Waals surface area contributed by atoms with Crippen LogP contribution in [0, 0.1) is 0 Å². The van der Waals surface area contributed by atoms with Crippen molar-refractivity contribution in [2.45, 2.75) is 45.3 Å². The number of nitrogens with one attached hydrogen (secondary N) is 1. The second-order valence-electron chi connectivity index (χ2n) is 5.78. The van der Waals surface area contributed by atoms with E-state index in [0.29, 0.717) is 12.8 Å². The monoisotopic (exact) mass is 289 g/mol. The molecule has 0 aliphatic heterocycles. The molecule has 1 aromatic rings. The quantitative estimate of drug-likeness (QED) is 0.811. The average Bonchev–Trinajstić information content (AvgIpc) is 2.41. The Labute approximate surface area is 126 Å². The Morgan fingerprint density at radius 2 is 1.90 bits per heavy atom. The zero-order chi connectivity index (χ0) is 15.9. The number of ketones is 1. The van der Waals surface area contributed by atoms with Crippen molar-refractivity contribution in [3.63, 3.8) is 0 Å². The third-order valence-electron chi connectivity index (χ3n) is 2.71. The van der Waals surface area contributed by atoms with Crippen molar-refractivity contribution < 1.29 is 14.3 Å². The summed E-state index contributed by atoms with van der Waals surface area (Å²) in [6, 6.07) is 8.46. The second kappa shape index (κ2) is 7.62. The molecule has 0 fully saturated rings. The van der Waals surface area contributed by atoms with E-state index in [1.165, 1.54) is 0 Å². The second-order valence-corrected chi connectivity index (χ2v) is 5.78. The first kappa shape index (κ1) is 17.0. The standard InChI is InChI=1S/C17H23NO3/c1-5-6-12-14(19)15(13-10-8-7-9-11-13)18-16(20)21-17(2,3)4/h5,7-11,15H,1,6,12H2,2-4H3,(H,18,20)/t15-/m0/s1. The molecule has 0 aromatic heterocycles. The molecule has 1 rings (SSSR count). The Balaban J connectivity index is 2.85. The first-order valence-electron chi connectivity index (χ1n) is 7.01. The van der Waals surface area contributed by atoms with Crippen molar-refractivity contribution in [3.05, 3.63) is 48.6 Å². The zero-order valence-corrected chi connectivity index (χ0v) is 12.9. The molecule has 0 spiro atoms. The van der Waals surface area contributed by atoms with Gasteiger partial charge in [-0.2, -0.15) is 0 Å².